The molecule has 0 amide bonds. The van der Waals surface area contributed by atoms with E-state index in [0.29, 0.717) is 11.7 Å². The molecule has 0 radical (unpaired) electrons. The Morgan fingerprint density at radius 2 is 1.59 bits per heavy atom. The smallest absolute Gasteiger partial charge is 0.119 e. The predicted molar refractivity (Wildman–Crippen MR) is 71.3 cm³/mol. The number of aromatic hydroxyl groups is 1. The van der Waals surface area contributed by atoms with Crippen LogP contribution in [-0.4, -0.2) is 5.11 Å². The normalized spacial score (nSPS) is 12.3. The number of hydrogen-bond donors (Lipinski definition) is 1. The van der Waals surface area contributed by atoms with Crippen LogP contribution in [0.1, 0.15) is 36.8 Å². The van der Waals surface area contributed by atoms with Gasteiger partial charge in [-0.1, -0.05) is 61.9 Å². The van der Waals surface area contributed by atoms with Crippen LogP contribution in [0.2, 0.25) is 0 Å². The fraction of sp³-hybridized carbons (Fsp3) is 0.250. The topological polar surface area (TPSA) is 20.2 Å². The lowest BCUT2D eigenvalue weighted by Crippen LogP contribution is -2.00. The molecule has 0 saturated carbocycles. The van der Waals surface area contributed by atoms with Gasteiger partial charge in [0, 0.05) is 11.5 Å². The van der Waals surface area contributed by atoms with E-state index >= 15 is 0 Å². The molecule has 0 aromatic heterocycles. The zero-order valence-electron chi connectivity index (χ0n) is 10.1. The van der Waals surface area contributed by atoms with Crippen LogP contribution in [-0.2, 0) is 0 Å². The van der Waals surface area contributed by atoms with E-state index < -0.39 is 0 Å². The minimum absolute atomic E-state index is 0.294. The van der Waals surface area contributed by atoms with Crippen LogP contribution in [0.15, 0.2) is 54.6 Å². The summed E-state index contributed by atoms with van der Waals surface area (Å²) >= 11 is 0. The first-order valence-electron chi connectivity index (χ1n) is 6.15. The van der Waals surface area contributed by atoms with E-state index in [4.69, 9.17) is 0 Å². The maximum atomic E-state index is 9.97. The number of hydrogen-bond acceptors (Lipinski definition) is 1. The molecule has 0 saturated heterocycles. The Bertz CT molecular complexity index is 462. The lowest BCUT2D eigenvalue weighted by molar-refractivity contribution is 0.462. The predicted octanol–water partition coefficient (Wildman–Crippen LogP) is 4.32. The zero-order valence-corrected chi connectivity index (χ0v) is 10.1. The first-order chi connectivity index (χ1) is 8.33. The summed E-state index contributed by atoms with van der Waals surface area (Å²) < 4.78 is 0. The first kappa shape index (κ1) is 11.7. The van der Waals surface area contributed by atoms with E-state index in [1.165, 1.54) is 5.56 Å². The van der Waals surface area contributed by atoms with E-state index in [0.717, 1.165) is 18.4 Å². The minimum Gasteiger partial charge on any atom is -0.508 e. The van der Waals surface area contributed by atoms with Crippen molar-refractivity contribution in [3.05, 3.63) is 65.7 Å². The second-order valence-corrected chi connectivity index (χ2v) is 4.31. The van der Waals surface area contributed by atoms with Gasteiger partial charge in [-0.05, 0) is 18.1 Å². The number of benzene rings is 2. The van der Waals surface area contributed by atoms with Gasteiger partial charge in [0.05, 0.1) is 0 Å². The van der Waals surface area contributed by atoms with E-state index in [-0.39, 0.29) is 0 Å². The van der Waals surface area contributed by atoms with Crippen LogP contribution in [0, 0.1) is 0 Å². The highest BCUT2D eigenvalue weighted by molar-refractivity contribution is 5.41. The lowest BCUT2D eigenvalue weighted by Gasteiger charge is -2.18. The van der Waals surface area contributed by atoms with Crippen LogP contribution in [0.4, 0.5) is 0 Å². The molecule has 0 aliphatic heterocycles. The van der Waals surface area contributed by atoms with Gasteiger partial charge in [-0.2, -0.15) is 0 Å². The largest absolute Gasteiger partial charge is 0.508 e. The fourth-order valence-corrected chi connectivity index (χ4v) is 2.26. The molecule has 88 valence electrons. The number of phenols is 1. The molecule has 0 aliphatic rings. The minimum atomic E-state index is 0.294. The molecule has 0 aliphatic carbocycles. The van der Waals surface area contributed by atoms with Crippen molar-refractivity contribution in [2.75, 3.05) is 0 Å². The van der Waals surface area contributed by atoms with Gasteiger partial charge in [0.2, 0.25) is 0 Å². The average Bonchev–Trinajstić information content (AvgIpc) is 2.38. The summed E-state index contributed by atoms with van der Waals surface area (Å²) in [5.74, 6) is 0.692. The van der Waals surface area contributed by atoms with Gasteiger partial charge in [0.25, 0.3) is 0 Å². The van der Waals surface area contributed by atoms with Crippen molar-refractivity contribution in [1.82, 2.24) is 0 Å². The van der Waals surface area contributed by atoms with Crippen molar-refractivity contribution < 1.29 is 5.11 Å². The Morgan fingerprint density at radius 3 is 2.24 bits per heavy atom. The molecular weight excluding hydrogens is 208 g/mol. The summed E-state index contributed by atoms with van der Waals surface area (Å²) in [6, 6.07) is 18.0. The van der Waals surface area contributed by atoms with Crippen LogP contribution in [0.25, 0.3) is 0 Å². The lowest BCUT2D eigenvalue weighted by atomic mass is 9.87. The molecule has 0 fully saturated rings. The maximum Gasteiger partial charge on any atom is 0.119 e. The highest BCUT2D eigenvalue weighted by Gasteiger charge is 2.15. The van der Waals surface area contributed by atoms with Crippen LogP contribution < -0.4 is 0 Å². The second-order valence-electron chi connectivity index (χ2n) is 4.31. The molecule has 2 rings (SSSR count). The Hall–Kier alpha value is -1.76. The molecule has 0 spiro atoms. The van der Waals surface area contributed by atoms with Crippen molar-refractivity contribution >= 4 is 0 Å². The van der Waals surface area contributed by atoms with Crippen LogP contribution >= 0.6 is 0 Å². The Morgan fingerprint density at radius 1 is 0.941 bits per heavy atom. The zero-order chi connectivity index (χ0) is 12.1. The molecule has 2 aromatic carbocycles. The SMILES string of the molecule is CCC[C@H](c1ccccc1)c1ccccc1O. The standard InChI is InChI=1S/C16H18O/c1-2-8-14(13-9-4-3-5-10-13)15-11-6-7-12-16(15)17/h3-7,9-12,14,17H,2,8H2,1H3/t14-/m1/s1. The van der Waals surface area contributed by atoms with Crippen LogP contribution in [0.5, 0.6) is 5.75 Å². The van der Waals surface area contributed by atoms with E-state index in [2.05, 4.69) is 31.2 Å². The third-order valence-electron chi connectivity index (χ3n) is 3.09. The van der Waals surface area contributed by atoms with Crippen molar-refractivity contribution in [2.24, 2.45) is 0 Å². The molecule has 0 bridgehead atoms. The van der Waals surface area contributed by atoms with Gasteiger partial charge in [-0.25, -0.2) is 0 Å². The highest BCUT2D eigenvalue weighted by Crippen LogP contribution is 2.34. The Balaban J connectivity index is 2.39. The summed E-state index contributed by atoms with van der Waals surface area (Å²) in [7, 11) is 0. The molecule has 0 heterocycles. The van der Waals surface area contributed by atoms with Gasteiger partial charge in [-0.3, -0.25) is 0 Å². The summed E-state index contributed by atoms with van der Waals surface area (Å²) in [4.78, 5) is 0. The Kier molecular flexibility index (Phi) is 3.81. The fourth-order valence-electron chi connectivity index (χ4n) is 2.26. The second kappa shape index (κ2) is 5.53. The van der Waals surface area contributed by atoms with Gasteiger partial charge in [-0.15, -0.1) is 0 Å². The number of phenolic OH excluding ortho intramolecular Hbond substituents is 1. The molecule has 1 nitrogen and oxygen atoms in total. The van der Waals surface area contributed by atoms with Gasteiger partial charge < -0.3 is 5.11 Å². The van der Waals surface area contributed by atoms with Gasteiger partial charge in [0.1, 0.15) is 5.75 Å². The Labute approximate surface area is 103 Å². The molecule has 2 aromatic rings. The maximum absolute atomic E-state index is 9.97. The molecule has 1 N–H and O–H groups in total. The third kappa shape index (κ3) is 2.68. The van der Waals surface area contributed by atoms with Crippen molar-refractivity contribution in [1.29, 1.82) is 0 Å². The summed E-state index contributed by atoms with van der Waals surface area (Å²) in [5.41, 5.74) is 2.30. The van der Waals surface area contributed by atoms with Crippen molar-refractivity contribution in [3.63, 3.8) is 0 Å². The molecule has 1 heteroatoms. The number of rotatable bonds is 4. The highest BCUT2D eigenvalue weighted by atomic mass is 16.3. The molecule has 0 unspecified atom stereocenters. The quantitative estimate of drug-likeness (QED) is 0.823. The summed E-state index contributed by atoms with van der Waals surface area (Å²) in [6.07, 6.45) is 2.16. The molecular formula is C16H18O. The van der Waals surface area contributed by atoms with Gasteiger partial charge >= 0.3 is 0 Å². The van der Waals surface area contributed by atoms with Crippen LogP contribution in [0.3, 0.4) is 0 Å². The van der Waals surface area contributed by atoms with E-state index in [9.17, 15) is 5.11 Å². The molecule has 17 heavy (non-hydrogen) atoms. The number of para-hydroxylation sites is 1. The monoisotopic (exact) mass is 226 g/mol. The van der Waals surface area contributed by atoms with Crippen molar-refractivity contribution in [3.8, 4) is 5.75 Å². The molecule has 1 atom stereocenters. The van der Waals surface area contributed by atoms with E-state index in [1.807, 2.05) is 24.3 Å². The third-order valence-corrected chi connectivity index (χ3v) is 3.09. The van der Waals surface area contributed by atoms with Crippen molar-refractivity contribution in [2.45, 2.75) is 25.7 Å². The van der Waals surface area contributed by atoms with E-state index in [1.54, 1.807) is 6.07 Å². The average molecular weight is 226 g/mol. The first-order valence-corrected chi connectivity index (χ1v) is 6.15. The van der Waals surface area contributed by atoms with Gasteiger partial charge in [0.15, 0.2) is 0 Å². The summed E-state index contributed by atoms with van der Waals surface area (Å²) in [5, 5.41) is 9.97. The summed E-state index contributed by atoms with van der Waals surface area (Å²) in [6.45, 7) is 2.18.